The first kappa shape index (κ1) is 21.1. The summed E-state index contributed by atoms with van der Waals surface area (Å²) in [6.45, 7) is 0. The standard InChI is InChI=1S/C18H9F6N2.Ir/c19-17(20,21)13-5-7-15(25-9-13)11-1-2-12(4-3-11)16-8-6-14(10-26-16)18(22,23)24;/h1-3,5-10H;/q-1;. The van der Waals surface area contributed by atoms with Gasteiger partial charge in [-0.15, -0.1) is 29.8 Å². The summed E-state index contributed by atoms with van der Waals surface area (Å²) < 4.78 is 75.2. The van der Waals surface area contributed by atoms with E-state index >= 15 is 0 Å². The molecule has 0 spiro atoms. The molecule has 0 fully saturated rings. The predicted octanol–water partition coefficient (Wildman–Crippen LogP) is 5.65. The molecule has 0 atom stereocenters. The molecule has 0 bridgehead atoms. The molecular formula is C18H9F6IrN2-. The van der Waals surface area contributed by atoms with E-state index in [9.17, 15) is 26.3 Å². The normalized spacial score (nSPS) is 11.8. The molecule has 0 aliphatic carbocycles. The fourth-order valence-electron chi connectivity index (χ4n) is 2.20. The molecule has 0 unspecified atom stereocenters. The van der Waals surface area contributed by atoms with Crippen molar-refractivity contribution < 1.29 is 46.4 Å². The van der Waals surface area contributed by atoms with Crippen LogP contribution in [0.5, 0.6) is 0 Å². The van der Waals surface area contributed by atoms with E-state index in [2.05, 4.69) is 16.0 Å². The van der Waals surface area contributed by atoms with Gasteiger partial charge in [-0.2, -0.15) is 26.3 Å². The van der Waals surface area contributed by atoms with Gasteiger partial charge in [-0.25, -0.2) is 0 Å². The Morgan fingerprint density at radius 3 is 1.56 bits per heavy atom. The van der Waals surface area contributed by atoms with Crippen LogP contribution in [0.25, 0.3) is 22.5 Å². The van der Waals surface area contributed by atoms with Crippen molar-refractivity contribution in [3.8, 4) is 22.5 Å². The average Bonchev–Trinajstić information content (AvgIpc) is 2.61. The first-order valence-corrected chi connectivity index (χ1v) is 7.23. The van der Waals surface area contributed by atoms with Crippen LogP contribution in [0.15, 0.2) is 54.9 Å². The molecule has 2 nitrogen and oxygen atoms in total. The predicted molar refractivity (Wildman–Crippen MR) is 81.7 cm³/mol. The van der Waals surface area contributed by atoms with Gasteiger partial charge in [-0.1, -0.05) is 17.7 Å². The van der Waals surface area contributed by atoms with Crippen LogP contribution >= 0.6 is 0 Å². The van der Waals surface area contributed by atoms with Gasteiger partial charge in [0.15, 0.2) is 0 Å². The average molecular weight is 559 g/mol. The van der Waals surface area contributed by atoms with Crippen LogP contribution in [-0.2, 0) is 32.5 Å². The third kappa shape index (κ3) is 4.93. The van der Waals surface area contributed by atoms with Gasteiger partial charge in [0, 0.05) is 38.2 Å². The third-order valence-electron chi connectivity index (χ3n) is 3.57. The Kier molecular flexibility index (Phi) is 6.07. The molecule has 0 aliphatic rings. The minimum Gasteiger partial charge on any atom is -0.304 e. The Hall–Kier alpha value is -2.25. The second-order valence-electron chi connectivity index (χ2n) is 5.35. The molecule has 143 valence electrons. The molecule has 3 aromatic rings. The number of hydrogen-bond donors (Lipinski definition) is 0. The van der Waals surface area contributed by atoms with E-state index in [0.717, 1.165) is 24.5 Å². The zero-order valence-corrected chi connectivity index (χ0v) is 15.6. The second kappa shape index (κ2) is 7.78. The summed E-state index contributed by atoms with van der Waals surface area (Å²) in [5, 5.41) is 0. The molecule has 0 saturated carbocycles. The summed E-state index contributed by atoms with van der Waals surface area (Å²) in [5.74, 6) is 0. The SMILES string of the molecule is FC(F)(F)c1ccc(-c2[c-]cc(-c3ccc(C(F)(F)F)cn3)cc2)nc1.[Ir]. The van der Waals surface area contributed by atoms with E-state index < -0.39 is 23.5 Å². The van der Waals surface area contributed by atoms with E-state index in [0.29, 0.717) is 22.5 Å². The minimum absolute atomic E-state index is 0. The molecule has 0 aliphatic heterocycles. The molecule has 2 heterocycles. The van der Waals surface area contributed by atoms with Crippen LogP contribution in [0.3, 0.4) is 0 Å². The number of hydrogen-bond acceptors (Lipinski definition) is 2. The third-order valence-corrected chi connectivity index (χ3v) is 3.57. The number of rotatable bonds is 2. The topological polar surface area (TPSA) is 25.8 Å². The van der Waals surface area contributed by atoms with Gasteiger partial charge in [0.1, 0.15) is 0 Å². The maximum atomic E-state index is 12.5. The first-order valence-electron chi connectivity index (χ1n) is 7.23. The summed E-state index contributed by atoms with van der Waals surface area (Å²) in [7, 11) is 0. The number of alkyl halides is 6. The molecule has 1 aromatic carbocycles. The Balaban J connectivity index is 0.00000261. The van der Waals surface area contributed by atoms with Crippen molar-refractivity contribution in [1.82, 2.24) is 9.97 Å². The van der Waals surface area contributed by atoms with E-state index in [1.807, 2.05) is 0 Å². The van der Waals surface area contributed by atoms with Gasteiger partial charge in [-0.05, 0) is 17.8 Å². The van der Waals surface area contributed by atoms with Crippen LogP contribution in [0, 0.1) is 6.07 Å². The van der Waals surface area contributed by atoms with E-state index in [1.165, 1.54) is 18.2 Å². The smallest absolute Gasteiger partial charge is 0.304 e. The molecule has 3 rings (SSSR count). The minimum atomic E-state index is -4.46. The maximum absolute atomic E-state index is 12.5. The molecular weight excluding hydrogens is 550 g/mol. The molecule has 2 aromatic heterocycles. The summed E-state index contributed by atoms with van der Waals surface area (Å²) >= 11 is 0. The molecule has 9 heteroatoms. The first-order chi connectivity index (χ1) is 12.1. The van der Waals surface area contributed by atoms with Gasteiger partial charge in [0.25, 0.3) is 0 Å². The number of benzene rings is 1. The van der Waals surface area contributed by atoms with Crippen molar-refractivity contribution in [2.75, 3.05) is 0 Å². The number of pyridine rings is 2. The largest absolute Gasteiger partial charge is 0.417 e. The quantitative estimate of drug-likeness (QED) is 0.300. The molecule has 0 saturated heterocycles. The van der Waals surface area contributed by atoms with Crippen LogP contribution in [0.2, 0.25) is 0 Å². The van der Waals surface area contributed by atoms with Crippen molar-refractivity contribution in [2.24, 2.45) is 0 Å². The monoisotopic (exact) mass is 560 g/mol. The van der Waals surface area contributed by atoms with Gasteiger partial charge in [-0.3, -0.25) is 4.98 Å². The number of halogens is 6. The van der Waals surface area contributed by atoms with Crippen LogP contribution in [-0.4, -0.2) is 9.97 Å². The Morgan fingerprint density at radius 1 is 0.667 bits per heavy atom. The van der Waals surface area contributed by atoms with Gasteiger partial charge < -0.3 is 4.98 Å². The van der Waals surface area contributed by atoms with Crippen molar-refractivity contribution >= 4 is 0 Å². The van der Waals surface area contributed by atoms with Crippen molar-refractivity contribution in [1.29, 1.82) is 0 Å². The zero-order chi connectivity index (χ0) is 18.9. The summed E-state index contributed by atoms with van der Waals surface area (Å²) in [4.78, 5) is 7.54. The van der Waals surface area contributed by atoms with Gasteiger partial charge in [0.05, 0.1) is 11.1 Å². The molecule has 1 radical (unpaired) electrons. The fraction of sp³-hybridized carbons (Fsp3) is 0.111. The Labute approximate surface area is 163 Å². The zero-order valence-electron chi connectivity index (χ0n) is 13.2. The van der Waals surface area contributed by atoms with E-state index in [1.54, 1.807) is 12.1 Å². The van der Waals surface area contributed by atoms with Crippen molar-refractivity contribution in [3.05, 3.63) is 72.1 Å². The summed E-state index contributed by atoms with van der Waals surface area (Å²) in [6.07, 6.45) is -7.46. The summed E-state index contributed by atoms with van der Waals surface area (Å²) in [5.41, 5.74) is -0.113. The van der Waals surface area contributed by atoms with Crippen LogP contribution in [0.1, 0.15) is 11.1 Å². The van der Waals surface area contributed by atoms with E-state index in [-0.39, 0.29) is 20.1 Å². The van der Waals surface area contributed by atoms with Crippen LogP contribution in [0.4, 0.5) is 26.3 Å². The molecule has 0 amide bonds. The maximum Gasteiger partial charge on any atom is 0.417 e. The number of nitrogens with zero attached hydrogens (tertiary/aromatic N) is 2. The fourth-order valence-corrected chi connectivity index (χ4v) is 2.20. The Bertz CT molecular complexity index is 809. The summed E-state index contributed by atoms with van der Waals surface area (Å²) in [6, 6.07) is 11.8. The molecule has 0 N–H and O–H groups in total. The molecule has 27 heavy (non-hydrogen) atoms. The van der Waals surface area contributed by atoms with Crippen LogP contribution < -0.4 is 0 Å². The van der Waals surface area contributed by atoms with Crippen molar-refractivity contribution in [3.63, 3.8) is 0 Å². The van der Waals surface area contributed by atoms with Gasteiger partial charge in [0.2, 0.25) is 0 Å². The number of aromatic nitrogens is 2. The Morgan fingerprint density at radius 2 is 1.19 bits per heavy atom. The second-order valence-corrected chi connectivity index (χ2v) is 5.35. The van der Waals surface area contributed by atoms with Crippen molar-refractivity contribution in [2.45, 2.75) is 12.4 Å². The van der Waals surface area contributed by atoms with Gasteiger partial charge >= 0.3 is 12.4 Å². The van der Waals surface area contributed by atoms with E-state index in [4.69, 9.17) is 0 Å².